The molecule has 0 unspecified atom stereocenters. The van der Waals surface area contributed by atoms with E-state index in [1.54, 1.807) is 17.4 Å². The summed E-state index contributed by atoms with van der Waals surface area (Å²) in [6, 6.07) is 13.6. The Labute approximate surface area is 136 Å². The molecule has 0 saturated carbocycles. The number of hydrogen-bond acceptors (Lipinski definition) is 4. The maximum Gasteiger partial charge on any atom is 0.199 e. The van der Waals surface area contributed by atoms with Crippen molar-refractivity contribution in [2.45, 2.75) is 6.92 Å². The van der Waals surface area contributed by atoms with E-state index in [2.05, 4.69) is 4.98 Å². The SMILES string of the molecule is Cc1ccc2occ(/C=C/c3nc4ccccc4s3)c(=O)c2c1. The van der Waals surface area contributed by atoms with Crippen LogP contribution in [-0.2, 0) is 0 Å². The second-order valence-electron chi connectivity index (χ2n) is 5.37. The van der Waals surface area contributed by atoms with Gasteiger partial charge in [0.05, 0.1) is 21.2 Å². The summed E-state index contributed by atoms with van der Waals surface area (Å²) >= 11 is 1.60. The molecule has 2 aromatic heterocycles. The van der Waals surface area contributed by atoms with Crippen LogP contribution in [0.4, 0.5) is 0 Å². The Kier molecular flexibility index (Phi) is 3.32. The molecule has 0 amide bonds. The molecule has 0 radical (unpaired) electrons. The van der Waals surface area contributed by atoms with Crippen molar-refractivity contribution in [3.8, 4) is 0 Å². The van der Waals surface area contributed by atoms with E-state index in [0.717, 1.165) is 20.8 Å². The Morgan fingerprint density at radius 1 is 1.13 bits per heavy atom. The zero-order chi connectivity index (χ0) is 15.8. The summed E-state index contributed by atoms with van der Waals surface area (Å²) in [6.07, 6.45) is 5.13. The van der Waals surface area contributed by atoms with E-state index >= 15 is 0 Å². The molecule has 2 aromatic carbocycles. The van der Waals surface area contributed by atoms with E-state index in [9.17, 15) is 4.79 Å². The number of para-hydroxylation sites is 1. The van der Waals surface area contributed by atoms with Gasteiger partial charge in [-0.1, -0.05) is 23.8 Å². The van der Waals surface area contributed by atoms with Crippen LogP contribution in [0.3, 0.4) is 0 Å². The van der Waals surface area contributed by atoms with Gasteiger partial charge in [0.1, 0.15) is 16.9 Å². The number of aryl methyl sites for hydroxylation is 1. The number of fused-ring (bicyclic) bond motifs is 2. The summed E-state index contributed by atoms with van der Waals surface area (Å²) < 4.78 is 6.69. The lowest BCUT2D eigenvalue weighted by molar-refractivity contribution is 0.601. The topological polar surface area (TPSA) is 43.1 Å². The average molecular weight is 319 g/mol. The molecule has 0 fully saturated rings. The van der Waals surface area contributed by atoms with E-state index in [1.165, 1.54) is 6.26 Å². The van der Waals surface area contributed by atoms with Crippen molar-refractivity contribution in [3.63, 3.8) is 0 Å². The highest BCUT2D eigenvalue weighted by molar-refractivity contribution is 7.19. The lowest BCUT2D eigenvalue weighted by atomic mass is 10.1. The highest BCUT2D eigenvalue weighted by atomic mass is 32.1. The minimum Gasteiger partial charge on any atom is -0.463 e. The van der Waals surface area contributed by atoms with Gasteiger partial charge in [0.15, 0.2) is 5.43 Å². The minimum absolute atomic E-state index is 0.0210. The highest BCUT2D eigenvalue weighted by Crippen LogP contribution is 2.23. The average Bonchev–Trinajstić information content (AvgIpc) is 2.97. The summed E-state index contributed by atoms with van der Waals surface area (Å²) in [4.78, 5) is 17.1. The smallest absolute Gasteiger partial charge is 0.199 e. The van der Waals surface area contributed by atoms with Crippen LogP contribution in [0.2, 0.25) is 0 Å². The number of aromatic nitrogens is 1. The molecule has 112 valence electrons. The first kappa shape index (κ1) is 13.9. The lowest BCUT2D eigenvalue weighted by Crippen LogP contribution is -2.04. The number of thiazole rings is 1. The molecule has 4 rings (SSSR count). The first-order valence-corrected chi connectivity index (χ1v) is 8.08. The van der Waals surface area contributed by atoms with Gasteiger partial charge in [-0.25, -0.2) is 4.98 Å². The van der Waals surface area contributed by atoms with Gasteiger partial charge in [-0.05, 0) is 43.3 Å². The Balaban J connectivity index is 1.77. The zero-order valence-electron chi connectivity index (χ0n) is 12.4. The van der Waals surface area contributed by atoms with E-state index in [0.29, 0.717) is 16.5 Å². The maximum absolute atomic E-state index is 12.5. The van der Waals surface area contributed by atoms with Crippen molar-refractivity contribution in [1.82, 2.24) is 4.98 Å². The van der Waals surface area contributed by atoms with Crippen LogP contribution >= 0.6 is 11.3 Å². The van der Waals surface area contributed by atoms with Gasteiger partial charge in [-0.3, -0.25) is 4.79 Å². The predicted octanol–water partition coefficient (Wildman–Crippen LogP) is 4.88. The molecule has 4 heteroatoms. The maximum atomic E-state index is 12.5. The molecule has 0 bridgehead atoms. The van der Waals surface area contributed by atoms with Crippen molar-refractivity contribution < 1.29 is 4.42 Å². The molecule has 4 aromatic rings. The Hall–Kier alpha value is -2.72. The fourth-order valence-corrected chi connectivity index (χ4v) is 3.37. The van der Waals surface area contributed by atoms with Gasteiger partial charge in [0, 0.05) is 0 Å². The molecule has 0 aliphatic heterocycles. The monoisotopic (exact) mass is 319 g/mol. The lowest BCUT2D eigenvalue weighted by Gasteiger charge is -1.99. The zero-order valence-corrected chi connectivity index (χ0v) is 13.3. The molecule has 0 aliphatic carbocycles. The van der Waals surface area contributed by atoms with E-state index in [1.807, 2.05) is 55.5 Å². The van der Waals surface area contributed by atoms with Gasteiger partial charge in [0.2, 0.25) is 0 Å². The molecule has 0 saturated heterocycles. The Bertz CT molecular complexity index is 1070. The van der Waals surface area contributed by atoms with Gasteiger partial charge in [-0.15, -0.1) is 11.3 Å². The number of hydrogen-bond donors (Lipinski definition) is 0. The number of rotatable bonds is 2. The third kappa shape index (κ3) is 2.58. The summed E-state index contributed by atoms with van der Waals surface area (Å²) in [5.74, 6) is 0. The van der Waals surface area contributed by atoms with Crippen molar-refractivity contribution >= 4 is 44.7 Å². The second kappa shape index (κ2) is 5.48. The second-order valence-corrected chi connectivity index (χ2v) is 6.44. The van der Waals surface area contributed by atoms with Crippen LogP contribution in [0.5, 0.6) is 0 Å². The van der Waals surface area contributed by atoms with E-state index < -0.39 is 0 Å². The van der Waals surface area contributed by atoms with Gasteiger partial charge in [0.25, 0.3) is 0 Å². The molecular weight excluding hydrogens is 306 g/mol. The summed E-state index contributed by atoms with van der Waals surface area (Å²) in [6.45, 7) is 1.96. The fraction of sp³-hybridized carbons (Fsp3) is 0.0526. The number of nitrogens with zero attached hydrogens (tertiary/aromatic N) is 1. The molecular formula is C19H13NO2S. The van der Waals surface area contributed by atoms with Crippen LogP contribution in [0.25, 0.3) is 33.3 Å². The van der Waals surface area contributed by atoms with Crippen molar-refractivity contribution in [2.24, 2.45) is 0 Å². The normalized spacial score (nSPS) is 11.7. The van der Waals surface area contributed by atoms with Crippen molar-refractivity contribution in [1.29, 1.82) is 0 Å². The van der Waals surface area contributed by atoms with Crippen LogP contribution < -0.4 is 5.43 Å². The Morgan fingerprint density at radius 3 is 2.87 bits per heavy atom. The van der Waals surface area contributed by atoms with Crippen LogP contribution in [0, 0.1) is 6.92 Å². The van der Waals surface area contributed by atoms with E-state index in [-0.39, 0.29) is 5.43 Å². The summed E-state index contributed by atoms with van der Waals surface area (Å²) in [7, 11) is 0. The van der Waals surface area contributed by atoms with Crippen molar-refractivity contribution in [3.05, 3.63) is 75.1 Å². The molecule has 23 heavy (non-hydrogen) atoms. The molecule has 0 atom stereocenters. The Morgan fingerprint density at radius 2 is 2.00 bits per heavy atom. The fourth-order valence-electron chi connectivity index (χ4n) is 2.50. The van der Waals surface area contributed by atoms with Gasteiger partial charge in [-0.2, -0.15) is 0 Å². The molecule has 0 aliphatic rings. The third-order valence-electron chi connectivity index (χ3n) is 3.67. The van der Waals surface area contributed by atoms with Crippen LogP contribution in [0.15, 0.2) is 57.9 Å². The largest absolute Gasteiger partial charge is 0.463 e. The highest BCUT2D eigenvalue weighted by Gasteiger charge is 2.05. The van der Waals surface area contributed by atoms with Crippen molar-refractivity contribution in [2.75, 3.05) is 0 Å². The van der Waals surface area contributed by atoms with Gasteiger partial charge < -0.3 is 4.42 Å². The quantitative estimate of drug-likeness (QED) is 0.529. The van der Waals surface area contributed by atoms with E-state index in [4.69, 9.17) is 4.42 Å². The first-order chi connectivity index (χ1) is 11.2. The van der Waals surface area contributed by atoms with Gasteiger partial charge >= 0.3 is 0 Å². The predicted molar refractivity (Wildman–Crippen MR) is 95.8 cm³/mol. The molecule has 0 spiro atoms. The summed E-state index contributed by atoms with van der Waals surface area (Å²) in [5, 5.41) is 1.48. The molecule has 2 heterocycles. The molecule has 0 N–H and O–H groups in total. The first-order valence-electron chi connectivity index (χ1n) is 7.26. The minimum atomic E-state index is -0.0210. The van der Waals surface area contributed by atoms with Crippen LogP contribution in [0.1, 0.15) is 16.1 Å². The third-order valence-corrected chi connectivity index (χ3v) is 4.67. The molecule has 3 nitrogen and oxygen atoms in total. The summed E-state index contributed by atoms with van der Waals surface area (Å²) in [5.41, 5.74) is 3.13. The van der Waals surface area contributed by atoms with Crippen LogP contribution in [-0.4, -0.2) is 4.98 Å². The number of benzene rings is 2. The standard InChI is InChI=1S/C19H13NO2S/c1-12-6-8-16-14(10-12)19(21)13(11-22-16)7-9-18-20-15-4-2-3-5-17(15)23-18/h2-11H,1H3/b9-7+.